The molecule has 5 aromatic heterocycles. The number of anilines is 4. The highest BCUT2D eigenvalue weighted by Gasteiger charge is 2.30. The second kappa shape index (κ2) is 35.9. The maximum absolute atomic E-state index is 11.7. The average molecular weight is 1350 g/mol. The van der Waals surface area contributed by atoms with Gasteiger partial charge < -0.3 is 62.6 Å². The Morgan fingerprint density at radius 1 is 0.528 bits per heavy atom. The summed E-state index contributed by atoms with van der Waals surface area (Å²) in [5, 5.41) is 7.01. The van der Waals surface area contributed by atoms with Gasteiger partial charge in [0.2, 0.25) is 5.91 Å². The van der Waals surface area contributed by atoms with E-state index in [0.29, 0.717) is 61.3 Å². The summed E-state index contributed by atoms with van der Waals surface area (Å²) in [6.07, 6.45) is 12.8. The third kappa shape index (κ3) is 21.2. The number of nitrogens with two attached hydrogens (primary N) is 4. The van der Waals surface area contributed by atoms with E-state index in [4.69, 9.17) is 102 Å². The van der Waals surface area contributed by atoms with E-state index in [-0.39, 0.29) is 83.3 Å². The van der Waals surface area contributed by atoms with Crippen molar-refractivity contribution in [3.8, 4) is 0 Å². The van der Waals surface area contributed by atoms with Crippen molar-refractivity contribution < 1.29 is 38.2 Å². The van der Waals surface area contributed by atoms with Gasteiger partial charge in [0.1, 0.15) is 56.7 Å². The van der Waals surface area contributed by atoms with Gasteiger partial charge in [-0.2, -0.15) is 0 Å². The van der Waals surface area contributed by atoms with Crippen molar-refractivity contribution in [3.05, 3.63) is 103 Å². The number of nitrogens with zero attached hydrogens (tertiary/aromatic N) is 14. The minimum atomic E-state index is -0.700. The lowest BCUT2D eigenvalue weighted by Gasteiger charge is -2.19. The van der Waals surface area contributed by atoms with Crippen LogP contribution in [0.5, 0.6) is 0 Å². The van der Waals surface area contributed by atoms with E-state index in [0.717, 1.165) is 70.7 Å². The molecule has 0 spiro atoms. The number of halogens is 6. The summed E-state index contributed by atoms with van der Waals surface area (Å²) in [4.78, 5) is 114. The molecule has 5 saturated heterocycles. The minimum absolute atomic E-state index is 0.00440. The number of ether oxygens (including phenoxy) is 2. The molecule has 5 aliphatic rings. The van der Waals surface area contributed by atoms with E-state index in [9.17, 15) is 28.8 Å². The molecule has 10 heterocycles. The van der Waals surface area contributed by atoms with Crippen LogP contribution in [0.25, 0.3) is 0 Å². The van der Waals surface area contributed by atoms with Gasteiger partial charge in [0.25, 0.3) is 17.7 Å². The largest absolute Gasteiger partial charge is 0.461 e. The van der Waals surface area contributed by atoms with Crippen LogP contribution in [0.3, 0.4) is 0 Å². The second-order valence-electron chi connectivity index (χ2n) is 20.7. The predicted octanol–water partition coefficient (Wildman–Crippen LogP) is 5.68. The number of hydrogen-bond acceptors (Lipinski definition) is 24. The molecule has 89 heavy (non-hydrogen) atoms. The Labute approximate surface area is 544 Å². The Hall–Kier alpha value is -7.18. The third-order valence-electron chi connectivity index (χ3n) is 13.8. The molecule has 0 aromatic carbocycles. The molecule has 0 radical (unpaired) electrons. The summed E-state index contributed by atoms with van der Waals surface area (Å²) >= 11 is 35.6. The van der Waals surface area contributed by atoms with Gasteiger partial charge in [-0.3, -0.25) is 19.2 Å². The van der Waals surface area contributed by atoms with Gasteiger partial charge in [0.05, 0.1) is 13.2 Å². The molecule has 4 amide bonds. The molecule has 0 saturated carbocycles. The van der Waals surface area contributed by atoms with E-state index >= 15 is 0 Å². The van der Waals surface area contributed by atoms with E-state index in [1.54, 1.807) is 13.8 Å². The smallest absolute Gasteiger partial charge is 0.358 e. The topological polar surface area (TPSA) is 391 Å². The van der Waals surface area contributed by atoms with Crippen LogP contribution in [-0.4, -0.2) is 176 Å². The summed E-state index contributed by atoms with van der Waals surface area (Å²) in [6, 6.07) is 0.103. The SMILES string of the molecule is C=CC(=O)N[C@H]1CCN(c2ncnc(C(N)=O)c2Cl)C1.CCOC(=O)c1ncnc(Cl)c1Cl.CCOC(=O)c1ncnc(N2CC[C@H](C)C2)c1Cl.C[C@H]1CCN(c2ncnc(C(N)=O)c2Cl)C1.C[C@H]1CCNC1.NC(=O)c1ncnc(N2CC[C@H](N)C2)c1Cl. The molecule has 5 atom stereocenters. The van der Waals surface area contributed by atoms with Crippen molar-refractivity contribution in [2.24, 2.45) is 40.7 Å². The van der Waals surface area contributed by atoms with Crippen molar-refractivity contribution in [1.82, 2.24) is 60.5 Å². The number of aromatic nitrogens is 10. The molecule has 5 aromatic rings. The van der Waals surface area contributed by atoms with Gasteiger partial charge in [-0.15, -0.1) is 0 Å². The molecule has 5 fully saturated rings. The first kappa shape index (κ1) is 72.6. The van der Waals surface area contributed by atoms with Crippen molar-refractivity contribution in [3.63, 3.8) is 0 Å². The summed E-state index contributed by atoms with van der Waals surface area (Å²) in [5.41, 5.74) is 21.6. The number of carbonyl (C=O) groups is 6. The van der Waals surface area contributed by atoms with Crippen LogP contribution >= 0.6 is 69.6 Å². The summed E-state index contributed by atoms with van der Waals surface area (Å²) in [5.74, 6) is 1.07. The zero-order chi connectivity index (χ0) is 65.5. The average Bonchev–Trinajstić information content (AvgIpc) is 4.55. The summed E-state index contributed by atoms with van der Waals surface area (Å²) < 4.78 is 9.61. The quantitative estimate of drug-likeness (QED) is 0.0469. The molecule has 0 bridgehead atoms. The van der Waals surface area contributed by atoms with Crippen LogP contribution in [0.1, 0.15) is 119 Å². The Kier molecular flexibility index (Phi) is 29.2. The number of amides is 4. The number of rotatable bonds is 13. The van der Waals surface area contributed by atoms with E-state index in [1.807, 2.05) is 9.80 Å². The zero-order valence-electron chi connectivity index (χ0n) is 49.7. The summed E-state index contributed by atoms with van der Waals surface area (Å²) in [7, 11) is 0. The van der Waals surface area contributed by atoms with Crippen LogP contribution in [0, 0.1) is 17.8 Å². The van der Waals surface area contributed by atoms with Crippen molar-refractivity contribution in [1.29, 1.82) is 0 Å². The van der Waals surface area contributed by atoms with Gasteiger partial charge in [-0.25, -0.2) is 59.4 Å². The van der Waals surface area contributed by atoms with Crippen molar-refractivity contribution in [2.45, 2.75) is 78.8 Å². The van der Waals surface area contributed by atoms with Gasteiger partial charge in [0.15, 0.2) is 56.9 Å². The zero-order valence-corrected chi connectivity index (χ0v) is 54.2. The number of esters is 2. The highest BCUT2D eigenvalue weighted by molar-refractivity contribution is 6.42. The van der Waals surface area contributed by atoms with Crippen LogP contribution in [0.4, 0.5) is 23.3 Å². The summed E-state index contributed by atoms with van der Waals surface area (Å²) in [6.45, 7) is 22.8. The molecule has 10 N–H and O–H groups in total. The van der Waals surface area contributed by atoms with E-state index < -0.39 is 29.7 Å². The number of primary amides is 3. The molecule has 28 nitrogen and oxygen atoms in total. The lowest BCUT2D eigenvalue weighted by atomic mass is 10.2. The number of nitrogens with one attached hydrogen (secondary N) is 2. The predicted molar refractivity (Wildman–Crippen MR) is 340 cm³/mol. The molecule has 10 rings (SSSR count). The van der Waals surface area contributed by atoms with Crippen molar-refractivity contribution in [2.75, 3.05) is 98.3 Å². The molecule has 0 unspecified atom stereocenters. The first-order chi connectivity index (χ1) is 42.4. The Bertz CT molecular complexity index is 3190. The lowest BCUT2D eigenvalue weighted by molar-refractivity contribution is -0.117. The minimum Gasteiger partial charge on any atom is -0.461 e. The number of carbonyl (C=O) groups excluding carboxylic acids is 6. The molecule has 0 aliphatic carbocycles. The normalized spacial score (nSPS) is 18.9. The Balaban J connectivity index is 0.000000199. The highest BCUT2D eigenvalue weighted by atomic mass is 35.5. The fraction of sp³-hybridized carbons (Fsp3) is 0.491. The highest BCUT2D eigenvalue weighted by Crippen LogP contribution is 2.33. The molecule has 5 aliphatic heterocycles. The molecule has 34 heteroatoms. The van der Waals surface area contributed by atoms with Crippen LogP contribution < -0.4 is 53.2 Å². The van der Waals surface area contributed by atoms with Crippen LogP contribution in [-0.2, 0) is 14.3 Å². The van der Waals surface area contributed by atoms with Gasteiger partial charge >= 0.3 is 11.9 Å². The van der Waals surface area contributed by atoms with E-state index in [1.165, 1.54) is 50.9 Å². The molecule has 482 valence electrons. The standard InChI is InChI=1S/C12H14ClN5O2.C12H16ClN3O2.C10H13ClN4O.C9H12ClN5O.C7H6Cl2N2O2.C5H11N/c1-2-8(19)17-7-3-4-18(5-7)12-9(13)10(11(14)20)15-6-16-12;1-3-18-12(17)10-9(13)11(15-7-14-10)16-5-4-8(2)6-16;1-6-2-3-15(4-6)10-7(11)8(9(12)16)13-5-14-10;10-6-7(8(12)16)13-4-14-9(6)15-2-1-5(11)3-15;1-2-13-7(12)5-4(8)6(9)11-3-10-5;1-5-2-3-6-4-5/h2,6-7H,1,3-5H2,(H2,14,20)(H,17,19);7-8H,3-6H2,1-2H3;5-6H,2-4H2,1H3,(H2,12,16);4-5H,1-3,11H2,(H2,12,16);3H,2H2,1H3;5-6H,2-4H2,1H3/t7-;8-;6-;5-;;5-/m0000.0/s1. The molecular weight excluding hydrogens is 1280 g/mol. The van der Waals surface area contributed by atoms with Gasteiger partial charge in [-0.05, 0) is 82.9 Å². The van der Waals surface area contributed by atoms with Crippen LogP contribution in [0.15, 0.2) is 44.3 Å². The lowest BCUT2D eigenvalue weighted by Crippen LogP contribution is -2.36. The Morgan fingerprint density at radius 2 is 0.899 bits per heavy atom. The Morgan fingerprint density at radius 3 is 1.24 bits per heavy atom. The van der Waals surface area contributed by atoms with Crippen LogP contribution in [0.2, 0.25) is 30.3 Å². The fourth-order valence-corrected chi connectivity index (χ4v) is 10.8. The number of hydrogen-bond donors (Lipinski definition) is 6. The molecular formula is C55H72Cl6N20O8. The van der Waals surface area contributed by atoms with Gasteiger partial charge in [0, 0.05) is 64.4 Å². The first-order valence-corrected chi connectivity index (χ1v) is 30.5. The van der Waals surface area contributed by atoms with E-state index in [2.05, 4.69) is 97.6 Å². The fourth-order valence-electron chi connectivity index (χ4n) is 9.24. The van der Waals surface area contributed by atoms with Gasteiger partial charge in [-0.1, -0.05) is 97.0 Å². The second-order valence-corrected chi connectivity index (χ2v) is 23.0. The van der Waals surface area contributed by atoms with Crippen molar-refractivity contribution >= 4 is 128 Å². The monoisotopic (exact) mass is 1350 g/mol. The maximum Gasteiger partial charge on any atom is 0.358 e. The first-order valence-electron chi connectivity index (χ1n) is 28.2. The maximum atomic E-state index is 11.7. The third-order valence-corrected chi connectivity index (χ3v) is 15.9.